The van der Waals surface area contributed by atoms with Crippen LogP contribution in [0, 0.1) is 0 Å². The van der Waals surface area contributed by atoms with E-state index >= 15 is 0 Å². The van der Waals surface area contributed by atoms with E-state index in [1.807, 2.05) is 13.8 Å². The lowest BCUT2D eigenvalue weighted by molar-refractivity contribution is 0.0569. The van der Waals surface area contributed by atoms with Crippen molar-refractivity contribution in [3.63, 3.8) is 0 Å². The third-order valence-electron chi connectivity index (χ3n) is 5.09. The molecule has 0 atom stereocenters. The first-order valence-electron chi connectivity index (χ1n) is 9.04. The Kier molecular flexibility index (Phi) is 6.68. The fraction of sp³-hybridized carbons (Fsp3) is 0.941. The predicted octanol–water partition coefficient (Wildman–Crippen LogP) is 1.22. The summed E-state index contributed by atoms with van der Waals surface area (Å²) in [6.45, 7) is 14.6. The van der Waals surface area contributed by atoms with E-state index in [1.54, 1.807) is 0 Å². The molecule has 0 aromatic rings. The molecule has 1 N–H and O–H groups in total. The van der Waals surface area contributed by atoms with Crippen LogP contribution < -0.4 is 5.32 Å². The summed E-state index contributed by atoms with van der Waals surface area (Å²) in [7, 11) is 2.15. The number of hydrogen-bond acceptors (Lipinski definition) is 5. The van der Waals surface area contributed by atoms with Gasteiger partial charge in [0.05, 0.1) is 11.6 Å². The van der Waals surface area contributed by atoms with Crippen molar-refractivity contribution in [1.29, 1.82) is 0 Å². The number of likely N-dealkylation sites (tertiary alicyclic amines) is 1. The summed E-state index contributed by atoms with van der Waals surface area (Å²) in [6, 6.07) is 0. The number of rotatable bonds is 5. The summed E-state index contributed by atoms with van der Waals surface area (Å²) in [5.41, 5.74) is -0.146. The molecule has 6 nitrogen and oxygen atoms in total. The molecule has 23 heavy (non-hydrogen) atoms. The minimum Gasteiger partial charge on any atom is -0.447 e. The number of piperidine rings is 1. The number of piperazine rings is 1. The van der Waals surface area contributed by atoms with Crippen molar-refractivity contribution in [2.45, 2.75) is 45.3 Å². The number of nitrogens with one attached hydrogen (secondary N) is 1. The van der Waals surface area contributed by atoms with Gasteiger partial charge in [0.2, 0.25) is 0 Å². The molecule has 0 spiro atoms. The highest BCUT2D eigenvalue weighted by atomic mass is 16.6. The van der Waals surface area contributed by atoms with Gasteiger partial charge in [-0.2, -0.15) is 0 Å². The molecule has 134 valence electrons. The number of amides is 1. The van der Waals surface area contributed by atoms with Crippen LogP contribution in [0.5, 0.6) is 0 Å². The Labute approximate surface area is 141 Å². The molecular weight excluding hydrogens is 292 g/mol. The van der Waals surface area contributed by atoms with Crippen LogP contribution in [0.1, 0.15) is 33.6 Å². The highest BCUT2D eigenvalue weighted by Crippen LogP contribution is 2.24. The predicted molar refractivity (Wildman–Crippen MR) is 92.8 cm³/mol. The first-order chi connectivity index (χ1) is 10.9. The van der Waals surface area contributed by atoms with Gasteiger partial charge in [-0.25, -0.2) is 4.79 Å². The van der Waals surface area contributed by atoms with E-state index < -0.39 is 0 Å². The zero-order chi connectivity index (χ0) is 16.9. The minimum atomic E-state index is -0.267. The monoisotopic (exact) mass is 326 g/mol. The second kappa shape index (κ2) is 8.31. The second-order valence-corrected chi connectivity index (χ2v) is 7.37. The van der Waals surface area contributed by atoms with Crippen molar-refractivity contribution >= 4 is 6.09 Å². The smallest absolute Gasteiger partial charge is 0.407 e. The lowest BCUT2D eigenvalue weighted by atomic mass is 9.87. The number of alkyl carbamates (subject to hydrolysis) is 1. The largest absolute Gasteiger partial charge is 0.447 e. The van der Waals surface area contributed by atoms with Crippen LogP contribution in [0.15, 0.2) is 0 Å². The zero-order valence-electron chi connectivity index (χ0n) is 15.3. The van der Waals surface area contributed by atoms with Crippen LogP contribution in [0.2, 0.25) is 0 Å². The summed E-state index contributed by atoms with van der Waals surface area (Å²) in [6.07, 6.45) is 1.64. The van der Waals surface area contributed by atoms with Crippen LogP contribution in [0.3, 0.4) is 0 Å². The summed E-state index contributed by atoms with van der Waals surface area (Å²) in [5, 5.41) is 3.21. The average Bonchev–Trinajstić information content (AvgIpc) is 2.50. The Morgan fingerprint density at radius 3 is 2.17 bits per heavy atom. The molecule has 0 aromatic heterocycles. The van der Waals surface area contributed by atoms with Gasteiger partial charge in [0.25, 0.3) is 0 Å². The topological polar surface area (TPSA) is 48.1 Å². The first kappa shape index (κ1) is 18.5. The van der Waals surface area contributed by atoms with Crippen LogP contribution in [-0.2, 0) is 4.74 Å². The van der Waals surface area contributed by atoms with Gasteiger partial charge in [-0.05, 0) is 40.3 Å². The molecule has 0 aliphatic carbocycles. The van der Waals surface area contributed by atoms with E-state index in [2.05, 4.69) is 34.0 Å². The van der Waals surface area contributed by atoms with E-state index in [4.69, 9.17) is 4.74 Å². The van der Waals surface area contributed by atoms with Crippen LogP contribution >= 0.6 is 0 Å². The molecule has 0 saturated carbocycles. The lowest BCUT2D eigenvalue weighted by Crippen LogP contribution is -2.62. The fourth-order valence-corrected chi connectivity index (χ4v) is 3.52. The number of hydrogen-bond donors (Lipinski definition) is 1. The van der Waals surface area contributed by atoms with Crippen LogP contribution in [-0.4, -0.2) is 91.8 Å². The van der Waals surface area contributed by atoms with E-state index in [1.165, 1.54) is 0 Å². The van der Waals surface area contributed by atoms with Crippen molar-refractivity contribution in [1.82, 2.24) is 20.0 Å². The molecule has 2 aliphatic rings. The average molecular weight is 326 g/mol. The van der Waals surface area contributed by atoms with Crippen molar-refractivity contribution in [2.24, 2.45) is 0 Å². The molecule has 2 aliphatic heterocycles. The SMILES string of the molecule is CCN1CCN(CC2(NC(=O)OC(C)C)CCN(C)CC2)CC1. The van der Waals surface area contributed by atoms with Gasteiger partial charge in [-0.15, -0.1) is 0 Å². The quantitative estimate of drug-likeness (QED) is 0.823. The molecule has 0 radical (unpaired) electrons. The highest BCUT2D eigenvalue weighted by Gasteiger charge is 2.38. The van der Waals surface area contributed by atoms with Gasteiger partial charge in [0.1, 0.15) is 0 Å². The first-order valence-corrected chi connectivity index (χ1v) is 9.04. The van der Waals surface area contributed by atoms with Crippen molar-refractivity contribution in [2.75, 3.05) is 59.4 Å². The molecule has 1 amide bonds. The third-order valence-corrected chi connectivity index (χ3v) is 5.09. The van der Waals surface area contributed by atoms with Gasteiger partial charge < -0.3 is 19.9 Å². The van der Waals surface area contributed by atoms with Crippen LogP contribution in [0.25, 0.3) is 0 Å². The summed E-state index contributed by atoms with van der Waals surface area (Å²) >= 11 is 0. The normalized spacial score (nSPS) is 23.9. The molecule has 2 fully saturated rings. The van der Waals surface area contributed by atoms with Crippen molar-refractivity contribution < 1.29 is 9.53 Å². The van der Waals surface area contributed by atoms with E-state index in [9.17, 15) is 4.79 Å². The zero-order valence-corrected chi connectivity index (χ0v) is 15.3. The minimum absolute atomic E-state index is 0.0774. The number of carbonyl (C=O) groups is 1. The molecule has 6 heteroatoms. The van der Waals surface area contributed by atoms with Gasteiger partial charge in [-0.1, -0.05) is 6.92 Å². The number of nitrogens with zero attached hydrogens (tertiary/aromatic N) is 3. The van der Waals surface area contributed by atoms with Gasteiger partial charge >= 0.3 is 6.09 Å². The Morgan fingerprint density at radius 1 is 1.09 bits per heavy atom. The van der Waals surface area contributed by atoms with Crippen LogP contribution in [0.4, 0.5) is 4.79 Å². The maximum atomic E-state index is 12.2. The molecular formula is C17H34N4O2. The Bertz CT molecular complexity index is 373. The summed E-state index contributed by atoms with van der Waals surface area (Å²) < 4.78 is 5.34. The standard InChI is InChI=1S/C17H34N4O2/c1-5-20-10-12-21(13-11-20)14-17(6-8-19(4)9-7-17)18-16(22)23-15(2)3/h15H,5-14H2,1-4H3,(H,18,22). The molecule has 0 aromatic carbocycles. The lowest BCUT2D eigenvalue weighted by Gasteiger charge is -2.45. The number of carbonyl (C=O) groups excluding carboxylic acids is 1. The molecule has 2 saturated heterocycles. The van der Waals surface area contributed by atoms with Crippen molar-refractivity contribution in [3.05, 3.63) is 0 Å². The molecule has 0 bridgehead atoms. The Hall–Kier alpha value is -0.850. The van der Waals surface area contributed by atoms with E-state index in [0.717, 1.165) is 65.2 Å². The fourth-order valence-electron chi connectivity index (χ4n) is 3.52. The molecule has 2 heterocycles. The maximum absolute atomic E-state index is 12.2. The van der Waals surface area contributed by atoms with E-state index in [0.29, 0.717) is 0 Å². The highest BCUT2D eigenvalue weighted by molar-refractivity contribution is 5.68. The summed E-state index contributed by atoms with van der Waals surface area (Å²) in [4.78, 5) is 19.5. The molecule has 2 rings (SSSR count). The maximum Gasteiger partial charge on any atom is 0.407 e. The number of likely N-dealkylation sites (N-methyl/N-ethyl adjacent to an activating group) is 1. The molecule has 0 unspecified atom stereocenters. The third kappa shape index (κ3) is 5.62. The second-order valence-electron chi connectivity index (χ2n) is 7.37. The van der Waals surface area contributed by atoms with Gasteiger partial charge in [-0.3, -0.25) is 4.90 Å². The van der Waals surface area contributed by atoms with E-state index in [-0.39, 0.29) is 17.7 Å². The van der Waals surface area contributed by atoms with Gasteiger partial charge in [0, 0.05) is 45.8 Å². The summed E-state index contributed by atoms with van der Waals surface area (Å²) in [5.74, 6) is 0. The Balaban J connectivity index is 1.95. The van der Waals surface area contributed by atoms with Gasteiger partial charge in [0.15, 0.2) is 0 Å². The number of ether oxygens (including phenoxy) is 1. The Morgan fingerprint density at radius 2 is 1.65 bits per heavy atom. The van der Waals surface area contributed by atoms with Crippen molar-refractivity contribution in [3.8, 4) is 0 Å².